The zero-order valence-electron chi connectivity index (χ0n) is 8.49. The molecule has 80 valence electrons. The summed E-state index contributed by atoms with van der Waals surface area (Å²) in [6, 6.07) is -1.09. The van der Waals surface area contributed by atoms with Crippen molar-refractivity contribution in [1.82, 2.24) is 10.2 Å². The number of carbonyl (C=O) groups is 2. The number of urea groups is 1. The lowest BCUT2D eigenvalue weighted by atomic mass is 10.2. The van der Waals surface area contributed by atoms with Gasteiger partial charge in [-0.2, -0.15) is 0 Å². The first-order valence-electron chi connectivity index (χ1n) is 4.79. The van der Waals surface area contributed by atoms with Gasteiger partial charge in [-0.1, -0.05) is 6.92 Å². The van der Waals surface area contributed by atoms with Crippen LogP contribution in [0.5, 0.6) is 0 Å². The van der Waals surface area contributed by atoms with Crippen LogP contribution in [-0.4, -0.2) is 41.1 Å². The fraction of sp³-hybridized carbons (Fsp3) is 0.778. The van der Waals surface area contributed by atoms with E-state index in [1.807, 2.05) is 0 Å². The van der Waals surface area contributed by atoms with E-state index >= 15 is 0 Å². The minimum atomic E-state index is -1.01. The molecule has 0 radical (unpaired) electrons. The molecule has 1 fully saturated rings. The Morgan fingerprint density at radius 3 is 2.64 bits per heavy atom. The van der Waals surface area contributed by atoms with Crippen molar-refractivity contribution in [3.05, 3.63) is 0 Å². The highest BCUT2D eigenvalue weighted by molar-refractivity contribution is 5.82. The van der Waals surface area contributed by atoms with Gasteiger partial charge in [0.25, 0.3) is 0 Å². The summed E-state index contributed by atoms with van der Waals surface area (Å²) in [5, 5.41) is 11.0. The van der Waals surface area contributed by atoms with E-state index in [1.54, 1.807) is 4.90 Å². The van der Waals surface area contributed by atoms with Crippen LogP contribution in [0.3, 0.4) is 0 Å². The van der Waals surface area contributed by atoms with Gasteiger partial charge in [-0.25, -0.2) is 4.79 Å². The van der Waals surface area contributed by atoms with Crippen LogP contribution in [0.25, 0.3) is 0 Å². The van der Waals surface area contributed by atoms with Gasteiger partial charge in [-0.3, -0.25) is 4.79 Å². The number of amides is 2. The van der Waals surface area contributed by atoms with E-state index in [1.165, 1.54) is 6.92 Å². The summed E-state index contributed by atoms with van der Waals surface area (Å²) in [6.07, 6.45) is 0.995. The molecule has 0 aromatic rings. The van der Waals surface area contributed by atoms with Gasteiger partial charge < -0.3 is 15.3 Å². The normalized spacial score (nSPS) is 23.3. The van der Waals surface area contributed by atoms with Crippen LogP contribution in [0.4, 0.5) is 4.79 Å². The first kappa shape index (κ1) is 10.8. The Hall–Kier alpha value is -1.26. The van der Waals surface area contributed by atoms with Gasteiger partial charge in [0.2, 0.25) is 0 Å². The molecule has 1 aliphatic heterocycles. The smallest absolute Gasteiger partial charge is 0.325 e. The van der Waals surface area contributed by atoms with Gasteiger partial charge >= 0.3 is 12.0 Å². The van der Waals surface area contributed by atoms with Crippen molar-refractivity contribution in [3.63, 3.8) is 0 Å². The van der Waals surface area contributed by atoms with Crippen LogP contribution in [0, 0.1) is 5.92 Å². The lowest BCUT2D eigenvalue weighted by Crippen LogP contribution is -2.45. The molecule has 2 N–H and O–H groups in total. The third-order valence-electron chi connectivity index (χ3n) is 2.42. The minimum Gasteiger partial charge on any atom is -0.480 e. The Morgan fingerprint density at radius 1 is 1.57 bits per heavy atom. The number of aliphatic carboxylic acids is 1. The van der Waals surface area contributed by atoms with E-state index in [-0.39, 0.29) is 6.03 Å². The maximum atomic E-state index is 11.5. The number of hydrogen-bond donors (Lipinski definition) is 2. The van der Waals surface area contributed by atoms with Crippen molar-refractivity contribution in [2.75, 3.05) is 13.1 Å². The number of carboxylic acids is 1. The van der Waals surface area contributed by atoms with Gasteiger partial charge in [-0.15, -0.1) is 0 Å². The molecule has 0 spiro atoms. The molecule has 5 nitrogen and oxygen atoms in total. The van der Waals surface area contributed by atoms with Gasteiger partial charge in [0.1, 0.15) is 6.04 Å². The van der Waals surface area contributed by atoms with Crippen LogP contribution in [0.15, 0.2) is 0 Å². The molecule has 1 heterocycles. The van der Waals surface area contributed by atoms with Gasteiger partial charge in [-0.05, 0) is 19.3 Å². The number of nitrogens with zero attached hydrogens (tertiary/aromatic N) is 1. The highest BCUT2D eigenvalue weighted by atomic mass is 16.4. The monoisotopic (exact) mass is 200 g/mol. The summed E-state index contributed by atoms with van der Waals surface area (Å²) in [6.45, 7) is 4.98. The minimum absolute atomic E-state index is 0.274. The van der Waals surface area contributed by atoms with Crippen molar-refractivity contribution in [2.45, 2.75) is 26.3 Å². The number of rotatable bonds is 2. The molecular weight excluding hydrogens is 184 g/mol. The van der Waals surface area contributed by atoms with E-state index in [0.717, 1.165) is 19.5 Å². The number of carbonyl (C=O) groups excluding carboxylic acids is 1. The van der Waals surface area contributed by atoms with E-state index in [0.29, 0.717) is 5.92 Å². The average Bonchev–Trinajstić information content (AvgIpc) is 2.51. The SMILES string of the molecule is CC1CCN(C(=O)N[C@H](C)C(=O)O)C1. The second-order valence-electron chi connectivity index (χ2n) is 3.85. The summed E-state index contributed by atoms with van der Waals surface area (Å²) < 4.78 is 0. The Balaban J connectivity index is 2.39. The Kier molecular flexibility index (Phi) is 3.33. The molecule has 2 amide bonds. The molecule has 0 aliphatic carbocycles. The van der Waals surface area contributed by atoms with Crippen molar-refractivity contribution in [1.29, 1.82) is 0 Å². The molecular formula is C9H16N2O3. The van der Waals surface area contributed by atoms with Crippen molar-refractivity contribution in [3.8, 4) is 0 Å². The van der Waals surface area contributed by atoms with Crippen LogP contribution in [-0.2, 0) is 4.79 Å². The topological polar surface area (TPSA) is 69.6 Å². The van der Waals surface area contributed by atoms with Crippen LogP contribution >= 0.6 is 0 Å². The number of nitrogens with one attached hydrogen (secondary N) is 1. The molecule has 1 aliphatic rings. The molecule has 1 unspecified atom stereocenters. The highest BCUT2D eigenvalue weighted by Gasteiger charge is 2.25. The van der Waals surface area contributed by atoms with E-state index < -0.39 is 12.0 Å². The first-order chi connectivity index (χ1) is 6.50. The molecule has 0 bridgehead atoms. The summed E-state index contributed by atoms with van der Waals surface area (Å²) in [5.41, 5.74) is 0. The van der Waals surface area contributed by atoms with Crippen molar-refractivity contribution < 1.29 is 14.7 Å². The molecule has 1 saturated heterocycles. The van der Waals surface area contributed by atoms with Crippen LogP contribution < -0.4 is 5.32 Å². The quantitative estimate of drug-likeness (QED) is 0.682. The van der Waals surface area contributed by atoms with Gasteiger partial charge in [0.05, 0.1) is 0 Å². The molecule has 0 aromatic carbocycles. The van der Waals surface area contributed by atoms with Crippen LogP contribution in [0.1, 0.15) is 20.3 Å². The molecule has 5 heteroatoms. The van der Waals surface area contributed by atoms with Crippen molar-refractivity contribution >= 4 is 12.0 Å². The largest absolute Gasteiger partial charge is 0.480 e. The third kappa shape index (κ3) is 2.61. The number of hydrogen-bond acceptors (Lipinski definition) is 2. The average molecular weight is 200 g/mol. The second kappa shape index (κ2) is 4.30. The fourth-order valence-corrected chi connectivity index (χ4v) is 1.46. The van der Waals surface area contributed by atoms with Crippen LogP contribution in [0.2, 0.25) is 0 Å². The van der Waals surface area contributed by atoms with Gasteiger partial charge in [0, 0.05) is 13.1 Å². The Morgan fingerprint density at radius 2 is 2.21 bits per heavy atom. The second-order valence-corrected chi connectivity index (χ2v) is 3.85. The molecule has 2 atom stereocenters. The predicted molar refractivity (Wildman–Crippen MR) is 51.0 cm³/mol. The zero-order valence-corrected chi connectivity index (χ0v) is 8.49. The molecule has 0 aromatic heterocycles. The van der Waals surface area contributed by atoms with Gasteiger partial charge in [0.15, 0.2) is 0 Å². The van der Waals surface area contributed by atoms with Crippen molar-refractivity contribution in [2.24, 2.45) is 5.92 Å². The molecule has 0 saturated carbocycles. The predicted octanol–water partition coefficient (Wildman–Crippen LogP) is 0.511. The maximum Gasteiger partial charge on any atom is 0.325 e. The lowest BCUT2D eigenvalue weighted by molar-refractivity contribution is -0.138. The summed E-state index contributed by atoms with van der Waals surface area (Å²) >= 11 is 0. The number of carboxylic acid groups (broad SMARTS) is 1. The Labute approximate surface area is 83.1 Å². The zero-order chi connectivity index (χ0) is 10.7. The standard InChI is InChI=1S/C9H16N2O3/c1-6-3-4-11(5-6)9(14)10-7(2)8(12)13/h6-7H,3-5H2,1-2H3,(H,10,14)(H,12,13)/t6?,7-/m1/s1. The molecule has 14 heavy (non-hydrogen) atoms. The Bertz CT molecular complexity index is 242. The van der Waals surface area contributed by atoms with E-state index in [2.05, 4.69) is 12.2 Å². The van der Waals surface area contributed by atoms with E-state index in [4.69, 9.17) is 5.11 Å². The number of likely N-dealkylation sites (tertiary alicyclic amines) is 1. The maximum absolute atomic E-state index is 11.5. The summed E-state index contributed by atoms with van der Waals surface area (Å²) in [7, 11) is 0. The highest BCUT2D eigenvalue weighted by Crippen LogP contribution is 2.14. The lowest BCUT2D eigenvalue weighted by Gasteiger charge is -2.18. The summed E-state index contributed by atoms with van der Waals surface area (Å²) in [4.78, 5) is 23.6. The third-order valence-corrected chi connectivity index (χ3v) is 2.42. The van der Waals surface area contributed by atoms with E-state index in [9.17, 15) is 9.59 Å². The first-order valence-corrected chi connectivity index (χ1v) is 4.79. The molecule has 1 rings (SSSR count). The fourth-order valence-electron chi connectivity index (χ4n) is 1.46. The summed E-state index contributed by atoms with van der Waals surface area (Å²) in [5.74, 6) is -0.494.